The summed E-state index contributed by atoms with van der Waals surface area (Å²) in [6.07, 6.45) is 4.07. The lowest BCUT2D eigenvalue weighted by Crippen LogP contribution is -2.38. The summed E-state index contributed by atoms with van der Waals surface area (Å²) in [7, 11) is 0. The van der Waals surface area contributed by atoms with E-state index in [9.17, 15) is 9.18 Å². The largest absolute Gasteiger partial charge is 0.339 e. The van der Waals surface area contributed by atoms with E-state index in [4.69, 9.17) is 0 Å². The van der Waals surface area contributed by atoms with Crippen LogP contribution in [0.15, 0.2) is 24.3 Å². The summed E-state index contributed by atoms with van der Waals surface area (Å²) in [6, 6.07) is 7.25. The molecule has 1 amide bonds. The topological polar surface area (TPSA) is 20.3 Å². The van der Waals surface area contributed by atoms with Crippen molar-refractivity contribution in [2.45, 2.75) is 58.4 Å². The van der Waals surface area contributed by atoms with E-state index in [-0.39, 0.29) is 29.0 Å². The highest BCUT2D eigenvalue weighted by Gasteiger charge is 2.48. The van der Waals surface area contributed by atoms with Crippen LogP contribution in [-0.2, 0) is 4.79 Å². The summed E-state index contributed by atoms with van der Waals surface area (Å²) in [5.41, 5.74) is 0.953. The monoisotopic (exact) mass is 303 g/mol. The molecule has 1 aromatic rings. The number of carbonyl (C=O) groups excluding carboxylic acids is 1. The van der Waals surface area contributed by atoms with Crippen molar-refractivity contribution in [1.29, 1.82) is 0 Å². The van der Waals surface area contributed by atoms with Gasteiger partial charge in [0.2, 0.25) is 5.91 Å². The minimum Gasteiger partial charge on any atom is -0.339 e. The normalized spacial score (nSPS) is 28.0. The smallest absolute Gasteiger partial charge is 0.226 e. The summed E-state index contributed by atoms with van der Waals surface area (Å²) in [4.78, 5) is 14.9. The van der Waals surface area contributed by atoms with Crippen LogP contribution in [0.4, 0.5) is 4.39 Å². The van der Waals surface area contributed by atoms with E-state index in [1.165, 1.54) is 6.07 Å². The van der Waals surface area contributed by atoms with Gasteiger partial charge in [0.05, 0.1) is 0 Å². The highest BCUT2D eigenvalue weighted by Crippen LogP contribution is 2.50. The first-order chi connectivity index (χ1) is 10.4. The molecule has 0 N–H and O–H groups in total. The van der Waals surface area contributed by atoms with E-state index in [0.717, 1.165) is 32.2 Å². The van der Waals surface area contributed by atoms with Gasteiger partial charge in [0.15, 0.2) is 0 Å². The number of rotatable bonds is 3. The Morgan fingerprint density at radius 3 is 2.73 bits per heavy atom. The van der Waals surface area contributed by atoms with E-state index < -0.39 is 0 Å². The lowest BCUT2D eigenvalue weighted by molar-refractivity contribution is -0.133. The predicted molar refractivity (Wildman–Crippen MR) is 86.1 cm³/mol. The molecule has 1 saturated carbocycles. The van der Waals surface area contributed by atoms with Gasteiger partial charge in [0.25, 0.3) is 0 Å². The van der Waals surface area contributed by atoms with Gasteiger partial charge in [-0.15, -0.1) is 0 Å². The summed E-state index contributed by atoms with van der Waals surface area (Å²) in [5.74, 6) is 0.164. The lowest BCUT2D eigenvalue weighted by Gasteiger charge is -2.30. The molecule has 120 valence electrons. The second-order valence-corrected chi connectivity index (χ2v) is 8.06. The molecule has 2 fully saturated rings. The third-order valence-corrected chi connectivity index (χ3v) is 4.92. The average Bonchev–Trinajstić information content (AvgIpc) is 3.10. The van der Waals surface area contributed by atoms with Crippen molar-refractivity contribution in [2.75, 3.05) is 6.54 Å². The van der Waals surface area contributed by atoms with E-state index in [2.05, 4.69) is 25.7 Å². The Morgan fingerprint density at radius 1 is 1.32 bits per heavy atom. The first-order valence-electron chi connectivity index (χ1n) is 8.42. The van der Waals surface area contributed by atoms with Gasteiger partial charge >= 0.3 is 0 Å². The Morgan fingerprint density at radius 2 is 2.05 bits per heavy atom. The molecular formula is C19H26FNO. The van der Waals surface area contributed by atoms with Crippen molar-refractivity contribution in [3.63, 3.8) is 0 Å². The third kappa shape index (κ3) is 3.18. The first kappa shape index (κ1) is 15.5. The zero-order valence-electron chi connectivity index (χ0n) is 13.8. The van der Waals surface area contributed by atoms with Crippen LogP contribution in [-0.4, -0.2) is 23.4 Å². The van der Waals surface area contributed by atoms with Crippen molar-refractivity contribution >= 4 is 5.91 Å². The van der Waals surface area contributed by atoms with Crippen molar-refractivity contribution < 1.29 is 9.18 Å². The number of halogens is 1. The second kappa shape index (κ2) is 5.68. The van der Waals surface area contributed by atoms with Crippen molar-refractivity contribution in [1.82, 2.24) is 4.90 Å². The summed E-state index contributed by atoms with van der Waals surface area (Å²) in [6.45, 7) is 7.56. The molecule has 3 atom stereocenters. The Labute approximate surface area is 132 Å². The molecule has 0 aromatic heterocycles. The van der Waals surface area contributed by atoms with Crippen LogP contribution in [0.2, 0.25) is 0 Å². The number of likely N-dealkylation sites (tertiary alicyclic amines) is 1. The highest BCUT2D eigenvalue weighted by molar-refractivity contribution is 5.83. The molecule has 1 saturated heterocycles. The average molecular weight is 303 g/mol. The highest BCUT2D eigenvalue weighted by atomic mass is 19.1. The number of nitrogens with zero attached hydrogens (tertiary/aromatic N) is 1. The minimum atomic E-state index is -0.171. The zero-order chi connectivity index (χ0) is 15.9. The van der Waals surface area contributed by atoms with Gasteiger partial charge in [0.1, 0.15) is 5.82 Å². The molecule has 2 aliphatic rings. The Balaban J connectivity index is 1.67. The van der Waals surface area contributed by atoms with Crippen molar-refractivity contribution in [3.8, 4) is 0 Å². The SMILES string of the molecule is CC(C)(C)CC1CCCN1C(=O)C1CC1c1ccccc1F. The van der Waals surface area contributed by atoms with E-state index >= 15 is 0 Å². The fourth-order valence-electron chi connectivity index (χ4n) is 3.85. The lowest BCUT2D eigenvalue weighted by atomic mass is 9.87. The molecule has 0 bridgehead atoms. The molecule has 1 aliphatic heterocycles. The zero-order valence-corrected chi connectivity index (χ0v) is 13.8. The van der Waals surface area contributed by atoms with Gasteiger partial charge in [-0.3, -0.25) is 4.79 Å². The van der Waals surface area contributed by atoms with Crippen LogP contribution in [0.3, 0.4) is 0 Å². The Bertz CT molecular complexity index is 563. The van der Waals surface area contributed by atoms with Gasteiger partial charge < -0.3 is 4.90 Å². The third-order valence-electron chi connectivity index (χ3n) is 4.92. The maximum absolute atomic E-state index is 13.9. The first-order valence-corrected chi connectivity index (χ1v) is 8.42. The fraction of sp³-hybridized carbons (Fsp3) is 0.632. The van der Waals surface area contributed by atoms with Crippen LogP contribution in [0.25, 0.3) is 0 Å². The Kier molecular flexibility index (Phi) is 4.00. The maximum atomic E-state index is 13.9. The summed E-state index contributed by atoms with van der Waals surface area (Å²) >= 11 is 0. The van der Waals surface area contributed by atoms with E-state index in [1.807, 2.05) is 12.1 Å². The van der Waals surface area contributed by atoms with Crippen LogP contribution in [0.1, 0.15) is 57.9 Å². The van der Waals surface area contributed by atoms with Gasteiger partial charge in [-0.2, -0.15) is 0 Å². The number of carbonyl (C=O) groups is 1. The molecule has 2 nitrogen and oxygen atoms in total. The molecule has 3 rings (SSSR count). The molecule has 0 radical (unpaired) electrons. The molecule has 1 aliphatic carbocycles. The van der Waals surface area contributed by atoms with Gasteiger partial charge in [0, 0.05) is 18.5 Å². The summed E-state index contributed by atoms with van der Waals surface area (Å²) < 4.78 is 13.9. The molecule has 22 heavy (non-hydrogen) atoms. The van der Waals surface area contributed by atoms with Gasteiger partial charge in [-0.05, 0) is 48.6 Å². The second-order valence-electron chi connectivity index (χ2n) is 8.06. The predicted octanol–water partition coefficient (Wildman–Crippen LogP) is 4.36. The van der Waals surface area contributed by atoms with Crippen LogP contribution in [0, 0.1) is 17.2 Å². The van der Waals surface area contributed by atoms with Crippen LogP contribution >= 0.6 is 0 Å². The van der Waals surface area contributed by atoms with E-state index in [1.54, 1.807) is 6.07 Å². The van der Waals surface area contributed by atoms with E-state index in [0.29, 0.717) is 11.6 Å². The number of amides is 1. The summed E-state index contributed by atoms with van der Waals surface area (Å²) in [5, 5.41) is 0. The molecule has 3 unspecified atom stereocenters. The van der Waals surface area contributed by atoms with Crippen molar-refractivity contribution in [3.05, 3.63) is 35.6 Å². The molecule has 1 heterocycles. The standard InChI is InChI=1S/C19H26FNO/c1-19(2,3)12-13-7-6-10-21(13)18(22)16-11-15(16)14-8-4-5-9-17(14)20/h4-5,8-9,13,15-16H,6-7,10-12H2,1-3H3. The van der Waals surface area contributed by atoms with Gasteiger partial charge in [-0.25, -0.2) is 4.39 Å². The molecule has 1 aromatic carbocycles. The minimum absolute atomic E-state index is 0.00234. The van der Waals surface area contributed by atoms with Crippen LogP contribution in [0.5, 0.6) is 0 Å². The molecule has 0 spiro atoms. The molecular weight excluding hydrogens is 277 g/mol. The quantitative estimate of drug-likeness (QED) is 0.812. The fourth-order valence-corrected chi connectivity index (χ4v) is 3.85. The number of hydrogen-bond acceptors (Lipinski definition) is 1. The number of hydrogen-bond donors (Lipinski definition) is 0. The van der Waals surface area contributed by atoms with Gasteiger partial charge in [-0.1, -0.05) is 39.0 Å². The van der Waals surface area contributed by atoms with Crippen molar-refractivity contribution in [2.24, 2.45) is 11.3 Å². The molecule has 3 heteroatoms. The van der Waals surface area contributed by atoms with Crippen LogP contribution < -0.4 is 0 Å². The number of benzene rings is 1. The Hall–Kier alpha value is -1.38. The maximum Gasteiger partial charge on any atom is 0.226 e.